The Hall–Kier alpha value is -3.60. The molecule has 184 valence electrons. The Bertz CT molecular complexity index is 1200. The second-order valence-corrected chi connectivity index (χ2v) is 8.94. The highest BCUT2D eigenvalue weighted by molar-refractivity contribution is 6.36. The SMILES string of the molecule is CNC(=O)C(=O)CC1CCC(Oc2nc(-c3cccc4[nH]ncc34)nc(N3CCOCC3)n2)CC1. The first-order valence-electron chi connectivity index (χ1n) is 12.0. The monoisotopic (exact) mass is 479 g/mol. The highest BCUT2D eigenvalue weighted by atomic mass is 16.5. The van der Waals surface area contributed by atoms with Crippen molar-refractivity contribution < 1.29 is 19.1 Å². The number of hydrogen-bond donors (Lipinski definition) is 2. The van der Waals surface area contributed by atoms with Crippen molar-refractivity contribution in [3.63, 3.8) is 0 Å². The lowest BCUT2D eigenvalue weighted by molar-refractivity contribution is -0.138. The van der Waals surface area contributed by atoms with Crippen molar-refractivity contribution in [1.82, 2.24) is 30.5 Å². The van der Waals surface area contributed by atoms with Crippen LogP contribution < -0.4 is 15.0 Å². The number of aromatic nitrogens is 5. The van der Waals surface area contributed by atoms with E-state index in [0.29, 0.717) is 44.1 Å². The maximum Gasteiger partial charge on any atom is 0.322 e. The van der Waals surface area contributed by atoms with Crippen LogP contribution in [0.3, 0.4) is 0 Å². The van der Waals surface area contributed by atoms with E-state index >= 15 is 0 Å². The number of hydrogen-bond acceptors (Lipinski definition) is 9. The fraction of sp³-hybridized carbons (Fsp3) is 0.500. The number of carbonyl (C=O) groups excluding carboxylic acids is 2. The van der Waals surface area contributed by atoms with Crippen LogP contribution in [0.1, 0.15) is 32.1 Å². The van der Waals surface area contributed by atoms with E-state index in [1.165, 1.54) is 7.05 Å². The number of rotatable bonds is 7. The Kier molecular flexibility index (Phi) is 6.84. The van der Waals surface area contributed by atoms with Crippen molar-refractivity contribution in [3.05, 3.63) is 24.4 Å². The van der Waals surface area contributed by atoms with Crippen LogP contribution in [0.2, 0.25) is 0 Å². The molecule has 0 spiro atoms. The molecule has 1 aliphatic carbocycles. The van der Waals surface area contributed by atoms with Gasteiger partial charge in [0.1, 0.15) is 6.10 Å². The quantitative estimate of drug-likeness (QED) is 0.487. The number of fused-ring (bicyclic) bond motifs is 1. The minimum absolute atomic E-state index is 0.0566. The molecule has 0 bridgehead atoms. The van der Waals surface area contributed by atoms with E-state index in [1.54, 1.807) is 6.20 Å². The van der Waals surface area contributed by atoms with Crippen molar-refractivity contribution in [2.24, 2.45) is 5.92 Å². The molecule has 11 nitrogen and oxygen atoms in total. The molecular formula is C24H29N7O4. The molecule has 3 heterocycles. The standard InChI is InChI=1S/C24H29N7O4/c1-25-22(33)20(32)13-15-5-7-16(8-6-15)35-24-28-21(17-3-2-4-19-18(17)14-26-30-19)27-23(29-24)31-9-11-34-12-10-31/h2-4,14-16H,5-13H2,1H3,(H,25,33)(H,26,30). The number of aromatic amines is 1. The first-order valence-corrected chi connectivity index (χ1v) is 12.0. The van der Waals surface area contributed by atoms with Crippen LogP contribution in [0, 0.1) is 5.92 Å². The summed E-state index contributed by atoms with van der Waals surface area (Å²) in [6.45, 7) is 2.63. The van der Waals surface area contributed by atoms with Gasteiger partial charge in [-0.3, -0.25) is 14.7 Å². The second-order valence-electron chi connectivity index (χ2n) is 8.94. The normalized spacial score (nSPS) is 20.5. The molecule has 11 heteroatoms. The molecular weight excluding hydrogens is 450 g/mol. The smallest absolute Gasteiger partial charge is 0.322 e. The number of amides is 1. The number of benzene rings is 1. The zero-order valence-corrected chi connectivity index (χ0v) is 19.7. The lowest BCUT2D eigenvalue weighted by Crippen LogP contribution is -2.37. The average molecular weight is 480 g/mol. The van der Waals surface area contributed by atoms with E-state index in [1.807, 2.05) is 18.2 Å². The van der Waals surface area contributed by atoms with Gasteiger partial charge < -0.3 is 19.7 Å². The summed E-state index contributed by atoms with van der Waals surface area (Å²) in [7, 11) is 1.48. The summed E-state index contributed by atoms with van der Waals surface area (Å²) in [5, 5.41) is 10.5. The molecule has 2 aromatic heterocycles. The Morgan fingerprint density at radius 1 is 1.14 bits per heavy atom. The van der Waals surface area contributed by atoms with Crippen LogP contribution >= 0.6 is 0 Å². The third-order valence-electron chi connectivity index (χ3n) is 6.64. The number of nitrogens with one attached hydrogen (secondary N) is 2. The summed E-state index contributed by atoms with van der Waals surface area (Å²) >= 11 is 0. The van der Waals surface area contributed by atoms with E-state index in [0.717, 1.165) is 42.1 Å². The van der Waals surface area contributed by atoms with Gasteiger partial charge in [-0.1, -0.05) is 12.1 Å². The molecule has 2 aliphatic rings. The Balaban J connectivity index is 1.35. The number of likely N-dealkylation sites (N-methyl/N-ethyl adjacent to an activating group) is 1. The lowest BCUT2D eigenvalue weighted by Gasteiger charge is -2.29. The summed E-state index contributed by atoms with van der Waals surface area (Å²) in [4.78, 5) is 39.7. The van der Waals surface area contributed by atoms with Crippen molar-refractivity contribution in [2.75, 3.05) is 38.3 Å². The largest absolute Gasteiger partial charge is 0.460 e. The minimum atomic E-state index is -0.524. The first-order chi connectivity index (χ1) is 17.1. The molecule has 1 saturated heterocycles. The van der Waals surface area contributed by atoms with Crippen LogP contribution in [0.25, 0.3) is 22.3 Å². The molecule has 3 aromatic rings. The fourth-order valence-electron chi connectivity index (χ4n) is 4.68. The van der Waals surface area contributed by atoms with E-state index in [4.69, 9.17) is 14.5 Å². The Morgan fingerprint density at radius 2 is 1.94 bits per heavy atom. The maximum atomic E-state index is 12.0. The molecule has 1 amide bonds. The summed E-state index contributed by atoms with van der Waals surface area (Å²) < 4.78 is 11.7. The Labute approximate surface area is 202 Å². The summed E-state index contributed by atoms with van der Waals surface area (Å²) in [6, 6.07) is 6.16. The number of morpholine rings is 1. The zero-order valence-electron chi connectivity index (χ0n) is 19.7. The van der Waals surface area contributed by atoms with Gasteiger partial charge in [0.05, 0.1) is 24.9 Å². The molecule has 2 N–H and O–H groups in total. The maximum absolute atomic E-state index is 12.0. The molecule has 0 unspecified atom stereocenters. The van der Waals surface area contributed by atoms with E-state index in [9.17, 15) is 9.59 Å². The average Bonchev–Trinajstić information content (AvgIpc) is 3.39. The number of nitrogens with zero attached hydrogens (tertiary/aromatic N) is 5. The van der Waals surface area contributed by atoms with Gasteiger partial charge in [0.25, 0.3) is 5.91 Å². The highest BCUT2D eigenvalue weighted by Gasteiger charge is 2.27. The van der Waals surface area contributed by atoms with Gasteiger partial charge in [-0.2, -0.15) is 20.1 Å². The molecule has 1 aromatic carbocycles. The van der Waals surface area contributed by atoms with E-state index in [-0.39, 0.29) is 24.2 Å². The number of anilines is 1. The molecule has 0 radical (unpaired) electrons. The van der Waals surface area contributed by atoms with Crippen molar-refractivity contribution in [3.8, 4) is 17.4 Å². The summed E-state index contributed by atoms with van der Waals surface area (Å²) in [5.41, 5.74) is 1.76. The van der Waals surface area contributed by atoms with Gasteiger partial charge in [0.2, 0.25) is 11.7 Å². The van der Waals surface area contributed by atoms with Crippen molar-refractivity contribution in [1.29, 1.82) is 0 Å². The highest BCUT2D eigenvalue weighted by Crippen LogP contribution is 2.31. The third kappa shape index (κ3) is 5.24. The zero-order chi connectivity index (χ0) is 24.2. The van der Waals surface area contributed by atoms with Gasteiger partial charge in [-0.25, -0.2) is 0 Å². The summed E-state index contributed by atoms with van der Waals surface area (Å²) in [5.74, 6) is 0.412. The fourth-order valence-corrected chi connectivity index (χ4v) is 4.68. The molecule has 5 rings (SSSR count). The van der Waals surface area contributed by atoms with Gasteiger partial charge >= 0.3 is 6.01 Å². The van der Waals surface area contributed by atoms with Crippen molar-refractivity contribution >= 4 is 28.5 Å². The summed E-state index contributed by atoms with van der Waals surface area (Å²) in [6.07, 6.45) is 5.17. The van der Waals surface area contributed by atoms with Crippen LogP contribution in [0.5, 0.6) is 6.01 Å². The topological polar surface area (TPSA) is 135 Å². The minimum Gasteiger partial charge on any atom is -0.460 e. The predicted molar refractivity (Wildman–Crippen MR) is 128 cm³/mol. The van der Waals surface area contributed by atoms with Gasteiger partial charge in [0, 0.05) is 37.5 Å². The molecule has 35 heavy (non-hydrogen) atoms. The number of ketones is 1. The van der Waals surface area contributed by atoms with Gasteiger partial charge in [0.15, 0.2) is 5.82 Å². The molecule has 1 aliphatic heterocycles. The van der Waals surface area contributed by atoms with E-state index in [2.05, 4.69) is 30.4 Å². The molecule has 1 saturated carbocycles. The molecule has 2 fully saturated rings. The van der Waals surface area contributed by atoms with Crippen LogP contribution in [-0.2, 0) is 14.3 Å². The van der Waals surface area contributed by atoms with Crippen molar-refractivity contribution in [2.45, 2.75) is 38.2 Å². The second kappa shape index (κ2) is 10.3. The van der Waals surface area contributed by atoms with Crippen LogP contribution in [0.15, 0.2) is 24.4 Å². The molecule has 0 atom stereocenters. The van der Waals surface area contributed by atoms with Gasteiger partial charge in [-0.05, 0) is 37.7 Å². The van der Waals surface area contributed by atoms with Gasteiger partial charge in [-0.15, -0.1) is 0 Å². The van der Waals surface area contributed by atoms with Crippen LogP contribution in [-0.4, -0.2) is 76.3 Å². The third-order valence-corrected chi connectivity index (χ3v) is 6.64. The number of carbonyl (C=O) groups is 2. The lowest BCUT2D eigenvalue weighted by atomic mass is 9.84. The predicted octanol–water partition coefficient (Wildman–Crippen LogP) is 1.89. The number of H-pyrrole nitrogens is 1. The van der Waals surface area contributed by atoms with Crippen LogP contribution in [0.4, 0.5) is 5.95 Å². The Morgan fingerprint density at radius 3 is 2.71 bits per heavy atom. The number of Topliss-reactive ketones (excluding diaryl/α,β-unsaturated/α-hetero) is 1. The first kappa shape index (κ1) is 23.2. The number of ether oxygens (including phenoxy) is 2. The van der Waals surface area contributed by atoms with E-state index < -0.39 is 5.91 Å².